The van der Waals surface area contributed by atoms with Gasteiger partial charge in [0, 0.05) is 0 Å². The average Bonchev–Trinajstić information content (AvgIpc) is 2.01. The van der Waals surface area contributed by atoms with E-state index in [-0.39, 0.29) is 5.41 Å². The number of benzene rings is 1. The molecule has 1 aromatic carbocycles. The molecule has 0 saturated carbocycles. The lowest BCUT2D eigenvalue weighted by Gasteiger charge is -2.18. The summed E-state index contributed by atoms with van der Waals surface area (Å²) in [7, 11) is 0. The van der Waals surface area contributed by atoms with Crippen LogP contribution >= 0.6 is 0 Å². The average molecular weight is 191 g/mol. The maximum Gasteiger partial charge on any atom is 0.110 e. The van der Waals surface area contributed by atoms with Gasteiger partial charge in [0.15, 0.2) is 0 Å². The van der Waals surface area contributed by atoms with E-state index >= 15 is 0 Å². The first-order valence-electron chi connectivity index (χ1n) is 4.85. The Hall–Kier alpha value is -1.18. The molecule has 0 aromatic heterocycles. The molecule has 2 nitrogen and oxygen atoms in total. The van der Waals surface area contributed by atoms with Crippen molar-refractivity contribution in [2.24, 2.45) is 10.6 Å². The lowest BCUT2D eigenvalue weighted by atomic mass is 9.87. The van der Waals surface area contributed by atoms with Crippen LogP contribution in [0.5, 0.6) is 0 Å². The summed E-state index contributed by atoms with van der Waals surface area (Å²) in [6.07, 6.45) is 1.02. The highest BCUT2D eigenvalue weighted by Gasteiger charge is 2.11. The first-order valence-corrected chi connectivity index (χ1v) is 4.85. The monoisotopic (exact) mass is 191 g/mol. The minimum absolute atomic E-state index is 0.280. The van der Waals surface area contributed by atoms with Gasteiger partial charge in [-0.25, -0.2) is 0 Å². The van der Waals surface area contributed by atoms with Crippen molar-refractivity contribution in [2.45, 2.75) is 34.1 Å². The van der Waals surface area contributed by atoms with E-state index < -0.39 is 0 Å². The van der Waals surface area contributed by atoms with Crippen molar-refractivity contribution in [3.8, 4) is 0 Å². The summed E-state index contributed by atoms with van der Waals surface area (Å²) in [6, 6.07) is 5.82. The van der Waals surface area contributed by atoms with Gasteiger partial charge in [-0.15, -0.1) is 4.91 Å². The largest absolute Gasteiger partial charge is 0.145 e. The van der Waals surface area contributed by atoms with E-state index in [9.17, 15) is 4.91 Å². The van der Waals surface area contributed by atoms with E-state index in [2.05, 4.69) is 25.9 Å². The van der Waals surface area contributed by atoms with Crippen LogP contribution in [0.3, 0.4) is 0 Å². The third-order valence-corrected chi connectivity index (χ3v) is 2.09. The molecular formula is C12H17NO. The van der Waals surface area contributed by atoms with Crippen LogP contribution in [0.2, 0.25) is 0 Å². The van der Waals surface area contributed by atoms with Crippen LogP contribution < -0.4 is 0 Å². The van der Waals surface area contributed by atoms with Gasteiger partial charge < -0.3 is 0 Å². The standard InChI is InChI=1S/C12H17NO/c1-9-7-10(8-12(2,3)4)5-6-11(9)13-14/h5-7H,8H2,1-4H3. The van der Waals surface area contributed by atoms with Gasteiger partial charge in [0.2, 0.25) is 0 Å². The molecule has 0 N–H and O–H groups in total. The fourth-order valence-corrected chi connectivity index (χ4v) is 1.54. The van der Waals surface area contributed by atoms with Gasteiger partial charge >= 0.3 is 0 Å². The van der Waals surface area contributed by atoms with E-state index in [1.165, 1.54) is 5.56 Å². The predicted molar refractivity (Wildman–Crippen MR) is 59.8 cm³/mol. The van der Waals surface area contributed by atoms with E-state index in [1.54, 1.807) is 6.07 Å². The van der Waals surface area contributed by atoms with Gasteiger partial charge in [0.05, 0.1) is 0 Å². The van der Waals surface area contributed by atoms with Crippen molar-refractivity contribution in [3.63, 3.8) is 0 Å². The van der Waals surface area contributed by atoms with Crippen molar-refractivity contribution in [3.05, 3.63) is 34.2 Å². The third kappa shape index (κ3) is 2.95. The summed E-state index contributed by atoms with van der Waals surface area (Å²) in [4.78, 5) is 10.4. The summed E-state index contributed by atoms with van der Waals surface area (Å²) in [5.41, 5.74) is 3.05. The number of hydrogen-bond donors (Lipinski definition) is 0. The van der Waals surface area contributed by atoms with E-state index in [0.717, 1.165) is 12.0 Å². The molecule has 0 amide bonds. The Balaban J connectivity index is 2.92. The fraction of sp³-hybridized carbons (Fsp3) is 0.500. The topological polar surface area (TPSA) is 29.4 Å². The molecule has 0 aliphatic carbocycles. The minimum Gasteiger partial charge on any atom is -0.145 e. The van der Waals surface area contributed by atoms with Gasteiger partial charge in [0.1, 0.15) is 5.69 Å². The second kappa shape index (κ2) is 3.91. The van der Waals surface area contributed by atoms with Crippen molar-refractivity contribution in [2.75, 3.05) is 0 Å². The maximum atomic E-state index is 10.4. The van der Waals surface area contributed by atoms with Crippen molar-refractivity contribution < 1.29 is 0 Å². The predicted octanol–water partition coefficient (Wildman–Crippen LogP) is 3.98. The fourth-order valence-electron chi connectivity index (χ4n) is 1.54. The highest BCUT2D eigenvalue weighted by Crippen LogP contribution is 2.24. The van der Waals surface area contributed by atoms with Crippen LogP contribution in [0.25, 0.3) is 0 Å². The van der Waals surface area contributed by atoms with E-state index in [0.29, 0.717) is 5.69 Å². The Morgan fingerprint density at radius 2 is 1.93 bits per heavy atom. The molecule has 14 heavy (non-hydrogen) atoms. The Kier molecular flexibility index (Phi) is 3.04. The normalized spacial score (nSPS) is 11.4. The molecular weight excluding hydrogens is 174 g/mol. The second-order valence-electron chi connectivity index (χ2n) is 4.95. The van der Waals surface area contributed by atoms with Crippen LogP contribution in [0.4, 0.5) is 5.69 Å². The number of nitrogens with zero attached hydrogens (tertiary/aromatic N) is 1. The number of nitroso groups, excluding NO2 is 1. The van der Waals surface area contributed by atoms with Crippen LogP contribution in [0, 0.1) is 17.2 Å². The molecule has 0 bridgehead atoms. The van der Waals surface area contributed by atoms with Crippen LogP contribution in [0.1, 0.15) is 31.9 Å². The van der Waals surface area contributed by atoms with Crippen molar-refractivity contribution in [1.82, 2.24) is 0 Å². The molecule has 0 fully saturated rings. The van der Waals surface area contributed by atoms with Gasteiger partial charge in [0.25, 0.3) is 0 Å². The minimum atomic E-state index is 0.280. The Bertz CT molecular complexity index is 337. The molecule has 1 rings (SSSR count). The number of rotatable bonds is 2. The smallest absolute Gasteiger partial charge is 0.110 e. The molecule has 0 radical (unpaired) electrons. The second-order valence-corrected chi connectivity index (χ2v) is 4.95. The zero-order chi connectivity index (χ0) is 10.8. The molecule has 76 valence electrons. The van der Waals surface area contributed by atoms with Gasteiger partial charge in [-0.2, -0.15) is 0 Å². The summed E-state index contributed by atoms with van der Waals surface area (Å²) in [5, 5.41) is 2.96. The van der Waals surface area contributed by atoms with Crippen LogP contribution in [0.15, 0.2) is 23.4 Å². The van der Waals surface area contributed by atoms with Crippen molar-refractivity contribution >= 4 is 5.69 Å². The van der Waals surface area contributed by atoms with Crippen molar-refractivity contribution in [1.29, 1.82) is 0 Å². The van der Waals surface area contributed by atoms with Crippen LogP contribution in [-0.4, -0.2) is 0 Å². The zero-order valence-electron chi connectivity index (χ0n) is 9.29. The molecule has 0 atom stereocenters. The Labute approximate surface area is 85.3 Å². The summed E-state index contributed by atoms with van der Waals surface area (Å²) >= 11 is 0. The first kappa shape index (κ1) is 10.9. The lowest BCUT2D eigenvalue weighted by molar-refractivity contribution is 0.411. The van der Waals surface area contributed by atoms with Gasteiger partial charge in [-0.3, -0.25) is 0 Å². The number of aryl methyl sites for hydroxylation is 1. The number of hydrogen-bond acceptors (Lipinski definition) is 2. The molecule has 1 aromatic rings. The zero-order valence-corrected chi connectivity index (χ0v) is 9.29. The van der Waals surface area contributed by atoms with Gasteiger partial charge in [-0.1, -0.05) is 32.9 Å². The molecule has 0 aliphatic rings. The summed E-state index contributed by atoms with van der Waals surface area (Å²) in [6.45, 7) is 8.53. The highest BCUT2D eigenvalue weighted by molar-refractivity contribution is 5.46. The van der Waals surface area contributed by atoms with Crippen LogP contribution in [-0.2, 0) is 6.42 Å². The molecule has 0 spiro atoms. The molecule has 0 aliphatic heterocycles. The van der Waals surface area contributed by atoms with Gasteiger partial charge in [-0.05, 0) is 41.1 Å². The SMILES string of the molecule is Cc1cc(CC(C)(C)C)ccc1N=O. The van der Waals surface area contributed by atoms with E-state index in [4.69, 9.17) is 0 Å². The Morgan fingerprint density at radius 3 is 2.36 bits per heavy atom. The highest BCUT2D eigenvalue weighted by atomic mass is 16.3. The summed E-state index contributed by atoms with van der Waals surface area (Å²) in [5.74, 6) is 0. The van der Waals surface area contributed by atoms with E-state index in [1.807, 2.05) is 19.1 Å². The first-order chi connectivity index (χ1) is 6.42. The maximum absolute atomic E-state index is 10.4. The molecule has 2 heteroatoms. The summed E-state index contributed by atoms with van der Waals surface area (Å²) < 4.78 is 0. The molecule has 0 unspecified atom stereocenters. The quantitative estimate of drug-likeness (QED) is 0.650. The molecule has 0 heterocycles. The third-order valence-electron chi connectivity index (χ3n) is 2.09. The molecule has 0 saturated heterocycles. The Morgan fingerprint density at radius 1 is 1.29 bits per heavy atom. The lowest BCUT2D eigenvalue weighted by Crippen LogP contribution is -2.09.